The van der Waals surface area contributed by atoms with Gasteiger partial charge in [0.15, 0.2) is 0 Å². The molecule has 0 bridgehead atoms. The summed E-state index contributed by atoms with van der Waals surface area (Å²) in [5.74, 6) is 1.33. The van der Waals surface area contributed by atoms with Gasteiger partial charge in [-0.15, -0.1) is 0 Å². The third kappa shape index (κ3) is 2.53. The topological polar surface area (TPSA) is 51.0 Å². The molecular weight excluding hydrogens is 214 g/mol. The van der Waals surface area contributed by atoms with Gasteiger partial charge in [-0.2, -0.15) is 4.98 Å². The molecule has 88 valence electrons. The van der Waals surface area contributed by atoms with E-state index in [9.17, 15) is 0 Å². The largest absolute Gasteiger partial charge is 0.338 e. The monoisotopic (exact) mass is 229 g/mol. The molecule has 0 atom stereocenters. The standard InChI is InChI=1S/C13H15N3O/c1-9-3-2-4-10(7-9)13-15-12(17-16-13)8-14-11-5-6-11/h2-4,7,11,14H,5-6,8H2,1H3. The Labute approximate surface area is 100 Å². The fourth-order valence-electron chi connectivity index (χ4n) is 1.75. The first kappa shape index (κ1) is 10.5. The maximum Gasteiger partial charge on any atom is 0.240 e. The van der Waals surface area contributed by atoms with Crippen molar-refractivity contribution < 1.29 is 4.52 Å². The Hall–Kier alpha value is -1.68. The molecule has 4 nitrogen and oxygen atoms in total. The van der Waals surface area contributed by atoms with E-state index < -0.39 is 0 Å². The molecule has 1 aliphatic rings. The number of hydrogen-bond donors (Lipinski definition) is 1. The van der Waals surface area contributed by atoms with Crippen molar-refractivity contribution in [3.05, 3.63) is 35.7 Å². The number of nitrogens with one attached hydrogen (secondary N) is 1. The predicted octanol–water partition coefficient (Wildman–Crippen LogP) is 2.30. The number of nitrogens with zero attached hydrogens (tertiary/aromatic N) is 2. The SMILES string of the molecule is Cc1cccc(-c2noc(CNC3CC3)n2)c1. The Bertz CT molecular complexity index is 517. The molecule has 1 N–H and O–H groups in total. The average Bonchev–Trinajstić information content (AvgIpc) is 3.04. The molecule has 1 heterocycles. The van der Waals surface area contributed by atoms with Crippen LogP contribution >= 0.6 is 0 Å². The predicted molar refractivity (Wildman–Crippen MR) is 64.3 cm³/mol. The van der Waals surface area contributed by atoms with E-state index >= 15 is 0 Å². The van der Waals surface area contributed by atoms with Crippen molar-refractivity contribution in [3.8, 4) is 11.4 Å². The van der Waals surface area contributed by atoms with Crippen LogP contribution in [0.2, 0.25) is 0 Å². The first-order valence-corrected chi connectivity index (χ1v) is 5.94. The van der Waals surface area contributed by atoms with Crippen molar-refractivity contribution in [2.45, 2.75) is 32.4 Å². The zero-order valence-electron chi connectivity index (χ0n) is 9.81. The van der Waals surface area contributed by atoms with Gasteiger partial charge in [0.25, 0.3) is 0 Å². The summed E-state index contributed by atoms with van der Waals surface area (Å²) < 4.78 is 5.21. The van der Waals surface area contributed by atoms with Gasteiger partial charge in [0.1, 0.15) is 0 Å². The van der Waals surface area contributed by atoms with Crippen LogP contribution < -0.4 is 5.32 Å². The second-order valence-electron chi connectivity index (χ2n) is 4.54. The zero-order chi connectivity index (χ0) is 11.7. The molecule has 1 aromatic heterocycles. The highest BCUT2D eigenvalue weighted by Gasteiger charge is 2.21. The first-order valence-electron chi connectivity index (χ1n) is 5.94. The Kier molecular flexibility index (Phi) is 2.65. The summed E-state index contributed by atoms with van der Waals surface area (Å²) in [5, 5.41) is 7.35. The highest BCUT2D eigenvalue weighted by molar-refractivity contribution is 5.55. The number of benzene rings is 1. The van der Waals surface area contributed by atoms with E-state index in [1.54, 1.807) is 0 Å². The van der Waals surface area contributed by atoms with E-state index in [-0.39, 0.29) is 0 Å². The van der Waals surface area contributed by atoms with Crippen LogP contribution in [-0.4, -0.2) is 16.2 Å². The van der Waals surface area contributed by atoms with Crippen molar-refractivity contribution in [2.24, 2.45) is 0 Å². The molecule has 0 radical (unpaired) electrons. The van der Waals surface area contributed by atoms with Crippen LogP contribution in [0.1, 0.15) is 24.3 Å². The molecule has 1 aliphatic carbocycles. The molecule has 0 saturated heterocycles. The lowest BCUT2D eigenvalue weighted by Gasteiger charge is -1.96. The van der Waals surface area contributed by atoms with Gasteiger partial charge in [-0.1, -0.05) is 28.9 Å². The molecule has 4 heteroatoms. The van der Waals surface area contributed by atoms with Crippen LogP contribution in [0, 0.1) is 6.92 Å². The van der Waals surface area contributed by atoms with E-state index in [1.807, 2.05) is 12.1 Å². The lowest BCUT2D eigenvalue weighted by molar-refractivity contribution is 0.367. The molecule has 17 heavy (non-hydrogen) atoms. The maximum atomic E-state index is 5.21. The van der Waals surface area contributed by atoms with Crippen molar-refractivity contribution >= 4 is 0 Å². The number of aromatic nitrogens is 2. The first-order chi connectivity index (χ1) is 8.31. The fraction of sp³-hybridized carbons (Fsp3) is 0.385. The Balaban J connectivity index is 1.74. The van der Waals surface area contributed by atoms with Crippen LogP contribution in [0.15, 0.2) is 28.8 Å². The van der Waals surface area contributed by atoms with Gasteiger partial charge in [0.2, 0.25) is 11.7 Å². The molecule has 0 aliphatic heterocycles. The van der Waals surface area contributed by atoms with Crippen molar-refractivity contribution in [3.63, 3.8) is 0 Å². The van der Waals surface area contributed by atoms with E-state index in [1.165, 1.54) is 18.4 Å². The Morgan fingerprint density at radius 2 is 2.29 bits per heavy atom. The Morgan fingerprint density at radius 3 is 3.06 bits per heavy atom. The highest BCUT2D eigenvalue weighted by atomic mass is 16.5. The summed E-state index contributed by atoms with van der Waals surface area (Å²) in [4.78, 5) is 4.38. The highest BCUT2D eigenvalue weighted by Crippen LogP contribution is 2.20. The summed E-state index contributed by atoms with van der Waals surface area (Å²) in [5.41, 5.74) is 2.20. The van der Waals surface area contributed by atoms with Gasteiger partial charge >= 0.3 is 0 Å². The van der Waals surface area contributed by atoms with Crippen LogP contribution in [0.3, 0.4) is 0 Å². The third-order valence-electron chi connectivity index (χ3n) is 2.86. The minimum atomic E-state index is 0.657. The molecule has 3 rings (SSSR count). The molecule has 1 saturated carbocycles. The van der Waals surface area contributed by atoms with Crippen LogP contribution in [0.25, 0.3) is 11.4 Å². The summed E-state index contributed by atoms with van der Waals surface area (Å²) >= 11 is 0. The van der Waals surface area contributed by atoms with Crippen LogP contribution in [0.4, 0.5) is 0 Å². The molecule has 1 aromatic carbocycles. The van der Waals surface area contributed by atoms with Crippen LogP contribution in [0.5, 0.6) is 0 Å². The normalized spacial score (nSPS) is 15.1. The van der Waals surface area contributed by atoms with Gasteiger partial charge in [0.05, 0.1) is 6.54 Å². The van der Waals surface area contributed by atoms with Crippen molar-refractivity contribution in [2.75, 3.05) is 0 Å². The summed E-state index contributed by atoms with van der Waals surface area (Å²) in [7, 11) is 0. The third-order valence-corrected chi connectivity index (χ3v) is 2.86. The zero-order valence-corrected chi connectivity index (χ0v) is 9.81. The van der Waals surface area contributed by atoms with Gasteiger partial charge in [-0.05, 0) is 25.8 Å². The summed E-state index contributed by atoms with van der Waals surface area (Å²) in [6.07, 6.45) is 2.53. The van der Waals surface area contributed by atoms with Gasteiger partial charge in [-0.3, -0.25) is 0 Å². The van der Waals surface area contributed by atoms with Gasteiger partial charge < -0.3 is 9.84 Å². The van der Waals surface area contributed by atoms with E-state index in [0.717, 1.165) is 5.56 Å². The van der Waals surface area contributed by atoms with E-state index in [4.69, 9.17) is 4.52 Å². The minimum Gasteiger partial charge on any atom is -0.338 e. The second kappa shape index (κ2) is 4.30. The lowest BCUT2D eigenvalue weighted by Crippen LogP contribution is -2.15. The second-order valence-corrected chi connectivity index (χ2v) is 4.54. The number of rotatable bonds is 4. The number of hydrogen-bond acceptors (Lipinski definition) is 4. The van der Waals surface area contributed by atoms with Crippen LogP contribution in [-0.2, 0) is 6.54 Å². The van der Waals surface area contributed by atoms with Gasteiger partial charge in [0, 0.05) is 11.6 Å². The molecule has 1 fully saturated rings. The average molecular weight is 229 g/mol. The molecule has 0 spiro atoms. The van der Waals surface area contributed by atoms with Crippen molar-refractivity contribution in [1.29, 1.82) is 0 Å². The summed E-state index contributed by atoms with van der Waals surface area (Å²) in [6.45, 7) is 2.72. The molecule has 0 unspecified atom stereocenters. The number of aryl methyl sites for hydroxylation is 1. The molecule has 2 aromatic rings. The summed E-state index contributed by atoms with van der Waals surface area (Å²) in [6, 6.07) is 8.77. The molecular formula is C13H15N3O. The molecule has 0 amide bonds. The van der Waals surface area contributed by atoms with E-state index in [0.29, 0.717) is 24.3 Å². The Morgan fingerprint density at radius 1 is 1.41 bits per heavy atom. The minimum absolute atomic E-state index is 0.657. The smallest absolute Gasteiger partial charge is 0.240 e. The van der Waals surface area contributed by atoms with Gasteiger partial charge in [-0.25, -0.2) is 0 Å². The lowest BCUT2D eigenvalue weighted by atomic mass is 10.1. The van der Waals surface area contributed by atoms with Crippen molar-refractivity contribution in [1.82, 2.24) is 15.5 Å². The quantitative estimate of drug-likeness (QED) is 0.874. The maximum absolute atomic E-state index is 5.21. The van der Waals surface area contributed by atoms with E-state index in [2.05, 4.69) is 34.5 Å². The fourth-order valence-corrected chi connectivity index (χ4v) is 1.75.